The topological polar surface area (TPSA) is 82.5 Å². The molecule has 3 aromatic rings. The van der Waals surface area contributed by atoms with E-state index in [9.17, 15) is 4.91 Å². The van der Waals surface area contributed by atoms with E-state index in [1.165, 1.54) is 11.3 Å². The molecule has 0 unspecified atom stereocenters. The lowest BCUT2D eigenvalue weighted by molar-refractivity contribution is 0.389. The van der Waals surface area contributed by atoms with Crippen LogP contribution >= 0.6 is 27.3 Å². The van der Waals surface area contributed by atoms with Crippen molar-refractivity contribution in [1.29, 1.82) is 0 Å². The summed E-state index contributed by atoms with van der Waals surface area (Å²) in [6.45, 7) is 0.946. The van der Waals surface area contributed by atoms with E-state index in [4.69, 9.17) is 18.9 Å². The molecule has 10 heteroatoms. The molecule has 1 heterocycles. The van der Waals surface area contributed by atoms with E-state index in [2.05, 4.69) is 26.1 Å². The Morgan fingerprint density at radius 1 is 0.903 bits per heavy atom. The molecule has 0 saturated heterocycles. The van der Waals surface area contributed by atoms with E-state index in [0.29, 0.717) is 45.8 Å². The average molecular weight is 508 g/mol. The lowest BCUT2D eigenvalue weighted by Gasteiger charge is -2.24. The molecule has 8 nitrogen and oxygen atoms in total. The minimum absolute atomic E-state index is 0.281. The maximum Gasteiger partial charge on any atom is 0.197 e. The summed E-state index contributed by atoms with van der Waals surface area (Å²) in [5, 5.41) is 3.97. The number of nitroso groups, excluding NO2 is 1. The van der Waals surface area contributed by atoms with Crippen molar-refractivity contribution < 1.29 is 18.9 Å². The van der Waals surface area contributed by atoms with Crippen molar-refractivity contribution in [1.82, 2.24) is 4.98 Å². The number of nitrogens with zero attached hydrogens (tertiary/aromatic N) is 3. The molecule has 0 N–H and O–H groups in total. The van der Waals surface area contributed by atoms with Gasteiger partial charge in [-0.1, -0.05) is 11.3 Å². The average Bonchev–Trinajstić information content (AvgIpc) is 3.19. The number of methoxy groups -OCH3 is 4. The summed E-state index contributed by atoms with van der Waals surface area (Å²) in [4.78, 5) is 17.6. The maximum absolute atomic E-state index is 11.1. The molecule has 0 aliphatic carbocycles. The zero-order valence-electron chi connectivity index (χ0n) is 17.5. The van der Waals surface area contributed by atoms with Gasteiger partial charge in [-0.15, -0.1) is 4.91 Å². The van der Waals surface area contributed by atoms with Crippen LogP contribution in [0.3, 0.4) is 0 Å². The summed E-state index contributed by atoms with van der Waals surface area (Å²) in [6, 6.07) is 11.3. The number of aromatic nitrogens is 1. The molecule has 0 spiro atoms. The maximum atomic E-state index is 11.1. The monoisotopic (exact) mass is 507 g/mol. The quantitative estimate of drug-likeness (QED) is 0.333. The van der Waals surface area contributed by atoms with Gasteiger partial charge >= 0.3 is 0 Å². The Hall–Kier alpha value is -2.85. The molecule has 2 aromatic carbocycles. The molecule has 164 valence electrons. The molecule has 0 atom stereocenters. The second-order valence-electron chi connectivity index (χ2n) is 6.40. The highest BCUT2D eigenvalue weighted by Crippen LogP contribution is 2.39. The zero-order chi connectivity index (χ0) is 22.4. The Morgan fingerprint density at radius 3 is 1.81 bits per heavy atom. The third kappa shape index (κ3) is 5.26. The predicted octanol–water partition coefficient (Wildman–Crippen LogP) is 5.54. The number of hydrogen-bond donors (Lipinski definition) is 0. The van der Waals surface area contributed by atoms with Crippen LogP contribution < -0.4 is 23.8 Å². The van der Waals surface area contributed by atoms with Gasteiger partial charge in [0.1, 0.15) is 27.6 Å². The second kappa shape index (κ2) is 10.5. The van der Waals surface area contributed by atoms with Crippen LogP contribution in [-0.4, -0.2) is 33.4 Å². The molecular weight excluding hydrogens is 486 g/mol. The van der Waals surface area contributed by atoms with Crippen LogP contribution in [0.25, 0.3) is 0 Å². The Morgan fingerprint density at radius 2 is 1.42 bits per heavy atom. The fraction of sp³-hybridized carbons (Fsp3) is 0.286. The minimum Gasteiger partial charge on any atom is -0.497 e. The molecule has 0 aliphatic rings. The molecule has 31 heavy (non-hydrogen) atoms. The van der Waals surface area contributed by atoms with Crippen molar-refractivity contribution >= 4 is 37.4 Å². The predicted molar refractivity (Wildman–Crippen MR) is 124 cm³/mol. The van der Waals surface area contributed by atoms with Crippen molar-refractivity contribution in [2.75, 3.05) is 33.3 Å². The first kappa shape index (κ1) is 22.8. The van der Waals surface area contributed by atoms with E-state index < -0.39 is 0 Å². The van der Waals surface area contributed by atoms with E-state index in [0.717, 1.165) is 11.1 Å². The molecule has 3 rings (SSSR count). The summed E-state index contributed by atoms with van der Waals surface area (Å²) >= 11 is 4.51. The number of anilines is 1. The van der Waals surface area contributed by atoms with Gasteiger partial charge in [0.15, 0.2) is 10.1 Å². The third-order valence-corrected chi connectivity index (χ3v) is 6.43. The van der Waals surface area contributed by atoms with Crippen LogP contribution in [0.4, 0.5) is 10.1 Å². The summed E-state index contributed by atoms with van der Waals surface area (Å²) in [6.07, 6.45) is 0. The SMILES string of the molecule is COc1ccc(CN(Cc2ccc(OC)cc2OC)c2nc(Br)c(N=O)s2)c(OC)c1. The molecule has 0 saturated carbocycles. The highest BCUT2D eigenvalue weighted by molar-refractivity contribution is 9.10. The van der Waals surface area contributed by atoms with Crippen LogP contribution in [0, 0.1) is 4.91 Å². The van der Waals surface area contributed by atoms with Crippen molar-refractivity contribution in [2.45, 2.75) is 13.1 Å². The van der Waals surface area contributed by atoms with Crippen LogP contribution in [-0.2, 0) is 13.1 Å². The van der Waals surface area contributed by atoms with E-state index in [1.54, 1.807) is 28.4 Å². The zero-order valence-corrected chi connectivity index (χ0v) is 19.9. The van der Waals surface area contributed by atoms with Gasteiger partial charge in [0, 0.05) is 36.3 Å². The molecule has 0 bridgehead atoms. The second-order valence-corrected chi connectivity index (χ2v) is 8.10. The molecule has 1 aromatic heterocycles. The highest BCUT2D eigenvalue weighted by atomic mass is 79.9. The number of rotatable bonds is 10. The number of benzene rings is 2. The third-order valence-electron chi connectivity index (χ3n) is 4.62. The van der Waals surface area contributed by atoms with Gasteiger partial charge in [-0.3, -0.25) is 0 Å². The van der Waals surface area contributed by atoms with Crippen LogP contribution in [0.1, 0.15) is 11.1 Å². The van der Waals surface area contributed by atoms with Gasteiger partial charge in [0.05, 0.1) is 28.4 Å². The van der Waals surface area contributed by atoms with Gasteiger partial charge in [0.2, 0.25) is 0 Å². The smallest absolute Gasteiger partial charge is 0.197 e. The highest BCUT2D eigenvalue weighted by Gasteiger charge is 2.20. The van der Waals surface area contributed by atoms with E-state index >= 15 is 0 Å². The standard InChI is InChI=1S/C21H22BrN3O5S/c1-27-15-7-5-13(17(9-15)29-3)11-25(21-23-19(22)20(24-26)31-21)12-14-6-8-16(28-2)10-18(14)30-4/h5-10H,11-12H2,1-4H3. The lowest BCUT2D eigenvalue weighted by atomic mass is 10.1. The van der Waals surface area contributed by atoms with Crippen molar-refractivity contribution in [3.8, 4) is 23.0 Å². The van der Waals surface area contributed by atoms with Gasteiger partial charge in [-0.25, -0.2) is 4.98 Å². The van der Waals surface area contributed by atoms with Gasteiger partial charge < -0.3 is 23.8 Å². The largest absolute Gasteiger partial charge is 0.497 e. The van der Waals surface area contributed by atoms with Crippen molar-refractivity contribution in [3.63, 3.8) is 0 Å². The fourth-order valence-electron chi connectivity index (χ4n) is 3.04. The first-order valence-electron chi connectivity index (χ1n) is 9.19. The number of hydrogen-bond acceptors (Lipinski definition) is 9. The fourth-order valence-corrected chi connectivity index (χ4v) is 4.38. The summed E-state index contributed by atoms with van der Waals surface area (Å²) in [7, 11) is 6.45. The normalized spacial score (nSPS) is 10.5. The Kier molecular flexibility index (Phi) is 7.69. The van der Waals surface area contributed by atoms with Crippen molar-refractivity contribution in [2.24, 2.45) is 5.18 Å². The van der Waals surface area contributed by atoms with Gasteiger partial charge in [-0.2, -0.15) is 0 Å². The molecule has 0 radical (unpaired) electrons. The van der Waals surface area contributed by atoms with E-state index in [-0.39, 0.29) is 5.00 Å². The Bertz CT molecular complexity index is 1000. The molecular formula is C21H22BrN3O5S. The summed E-state index contributed by atoms with van der Waals surface area (Å²) in [5.74, 6) is 2.78. The Labute approximate surface area is 192 Å². The number of thiazole rings is 1. The minimum atomic E-state index is 0.281. The number of halogens is 1. The van der Waals surface area contributed by atoms with Gasteiger partial charge in [-0.05, 0) is 45.4 Å². The summed E-state index contributed by atoms with van der Waals surface area (Å²) in [5.41, 5.74) is 1.87. The van der Waals surface area contributed by atoms with Crippen LogP contribution in [0.2, 0.25) is 0 Å². The summed E-state index contributed by atoms with van der Waals surface area (Å²) < 4.78 is 22.1. The first-order chi connectivity index (χ1) is 15.0. The van der Waals surface area contributed by atoms with Crippen LogP contribution in [0.5, 0.6) is 23.0 Å². The number of ether oxygens (including phenoxy) is 4. The first-order valence-corrected chi connectivity index (χ1v) is 10.8. The molecule has 0 amide bonds. The van der Waals surface area contributed by atoms with Crippen LogP contribution in [0.15, 0.2) is 46.2 Å². The van der Waals surface area contributed by atoms with E-state index in [1.807, 2.05) is 41.3 Å². The lowest BCUT2D eigenvalue weighted by Crippen LogP contribution is -2.22. The van der Waals surface area contributed by atoms with Crippen molar-refractivity contribution in [3.05, 3.63) is 57.0 Å². The Balaban J connectivity index is 2.01. The van der Waals surface area contributed by atoms with Gasteiger partial charge in [0.25, 0.3) is 0 Å². The molecule has 0 fully saturated rings. The molecule has 0 aliphatic heterocycles.